The van der Waals surface area contributed by atoms with E-state index in [2.05, 4.69) is 46.6 Å². The molecule has 1 atom stereocenters. The zero-order valence-corrected chi connectivity index (χ0v) is 11.2. The molecule has 0 unspecified atom stereocenters. The van der Waals surface area contributed by atoms with Gasteiger partial charge in [0.05, 0.1) is 6.04 Å². The maximum Gasteiger partial charge on any atom is 0.243 e. The van der Waals surface area contributed by atoms with Crippen LogP contribution in [0.25, 0.3) is 0 Å². The standard InChI is InChI=1S/C15H19N3O/c1-11-5-4-6-12(9-11)10-14-17-15(19-18-14)13-7-2-3-8-16-13/h4-6,9,13,16H,2-3,7-8,10H2,1H3/t13-/m0/s1. The van der Waals surface area contributed by atoms with Crippen molar-refractivity contribution in [3.05, 3.63) is 47.1 Å². The molecule has 2 aromatic rings. The molecule has 2 heterocycles. The average Bonchev–Trinajstić information content (AvgIpc) is 2.88. The number of rotatable bonds is 3. The first kappa shape index (κ1) is 12.4. The zero-order valence-electron chi connectivity index (χ0n) is 11.2. The molecule has 1 N–H and O–H groups in total. The Kier molecular flexibility index (Phi) is 3.60. The highest BCUT2D eigenvalue weighted by Crippen LogP contribution is 2.21. The smallest absolute Gasteiger partial charge is 0.243 e. The highest BCUT2D eigenvalue weighted by Gasteiger charge is 2.20. The van der Waals surface area contributed by atoms with Gasteiger partial charge in [-0.25, -0.2) is 0 Å². The van der Waals surface area contributed by atoms with Crippen LogP contribution in [0, 0.1) is 6.92 Å². The van der Waals surface area contributed by atoms with Crippen molar-refractivity contribution in [1.29, 1.82) is 0 Å². The molecule has 1 aromatic heterocycles. The Labute approximate surface area is 113 Å². The molecule has 1 fully saturated rings. The van der Waals surface area contributed by atoms with Crippen LogP contribution in [0.15, 0.2) is 28.8 Å². The van der Waals surface area contributed by atoms with Gasteiger partial charge in [0.25, 0.3) is 0 Å². The first-order valence-corrected chi connectivity index (χ1v) is 6.93. The number of nitrogens with one attached hydrogen (secondary N) is 1. The van der Waals surface area contributed by atoms with Crippen molar-refractivity contribution in [3.8, 4) is 0 Å². The molecule has 100 valence electrons. The van der Waals surface area contributed by atoms with E-state index in [1.807, 2.05) is 0 Å². The first-order valence-electron chi connectivity index (χ1n) is 6.93. The quantitative estimate of drug-likeness (QED) is 0.918. The van der Waals surface area contributed by atoms with Gasteiger partial charge in [-0.1, -0.05) is 41.4 Å². The van der Waals surface area contributed by atoms with Crippen molar-refractivity contribution in [2.45, 2.75) is 38.6 Å². The molecule has 1 aliphatic heterocycles. The van der Waals surface area contributed by atoms with Crippen molar-refractivity contribution in [2.24, 2.45) is 0 Å². The summed E-state index contributed by atoms with van der Waals surface area (Å²) >= 11 is 0. The number of hydrogen-bond acceptors (Lipinski definition) is 4. The van der Waals surface area contributed by atoms with Crippen molar-refractivity contribution in [1.82, 2.24) is 15.5 Å². The first-order chi connectivity index (χ1) is 9.31. The molecular formula is C15H19N3O. The summed E-state index contributed by atoms with van der Waals surface area (Å²) in [7, 11) is 0. The van der Waals surface area contributed by atoms with Crippen LogP contribution < -0.4 is 5.32 Å². The number of aryl methyl sites for hydroxylation is 1. The van der Waals surface area contributed by atoms with E-state index in [1.165, 1.54) is 24.0 Å². The SMILES string of the molecule is Cc1cccc(Cc2noc([C@@H]3CCCCN3)n2)c1. The van der Waals surface area contributed by atoms with E-state index in [-0.39, 0.29) is 6.04 Å². The zero-order chi connectivity index (χ0) is 13.1. The Morgan fingerprint density at radius 2 is 2.32 bits per heavy atom. The molecule has 1 aliphatic rings. The van der Waals surface area contributed by atoms with E-state index in [4.69, 9.17) is 4.52 Å². The van der Waals surface area contributed by atoms with Gasteiger partial charge in [-0.05, 0) is 31.9 Å². The maximum absolute atomic E-state index is 5.38. The minimum absolute atomic E-state index is 0.243. The van der Waals surface area contributed by atoms with Gasteiger partial charge in [0, 0.05) is 6.42 Å². The molecule has 0 aliphatic carbocycles. The van der Waals surface area contributed by atoms with Gasteiger partial charge in [0.15, 0.2) is 5.82 Å². The molecule has 0 radical (unpaired) electrons. The molecule has 19 heavy (non-hydrogen) atoms. The molecule has 0 amide bonds. The fourth-order valence-electron chi connectivity index (χ4n) is 2.55. The summed E-state index contributed by atoms with van der Waals surface area (Å²) in [4.78, 5) is 4.52. The van der Waals surface area contributed by atoms with E-state index in [9.17, 15) is 0 Å². The van der Waals surface area contributed by atoms with Crippen LogP contribution in [-0.2, 0) is 6.42 Å². The average molecular weight is 257 g/mol. The molecule has 1 aromatic carbocycles. The Bertz CT molecular complexity index is 544. The summed E-state index contributed by atoms with van der Waals surface area (Å²) in [5, 5.41) is 7.52. The summed E-state index contributed by atoms with van der Waals surface area (Å²) in [5.74, 6) is 1.51. The molecule has 0 spiro atoms. The molecule has 3 rings (SSSR count). The maximum atomic E-state index is 5.38. The second kappa shape index (κ2) is 5.53. The molecule has 0 bridgehead atoms. The van der Waals surface area contributed by atoms with Gasteiger partial charge in [0.1, 0.15) is 0 Å². The lowest BCUT2D eigenvalue weighted by atomic mass is 10.1. The highest BCUT2D eigenvalue weighted by molar-refractivity contribution is 5.24. The monoisotopic (exact) mass is 257 g/mol. The summed E-state index contributed by atoms with van der Waals surface area (Å²) in [6.07, 6.45) is 4.29. The summed E-state index contributed by atoms with van der Waals surface area (Å²) < 4.78 is 5.38. The van der Waals surface area contributed by atoms with Crippen molar-refractivity contribution >= 4 is 0 Å². The molecule has 4 nitrogen and oxygen atoms in total. The second-order valence-corrected chi connectivity index (χ2v) is 5.22. The molecule has 0 saturated carbocycles. The third kappa shape index (κ3) is 3.01. The Morgan fingerprint density at radius 1 is 1.37 bits per heavy atom. The summed E-state index contributed by atoms with van der Waals surface area (Å²) in [6.45, 7) is 3.14. The predicted molar refractivity (Wildman–Crippen MR) is 72.9 cm³/mol. The Balaban J connectivity index is 1.70. The van der Waals surface area contributed by atoms with Gasteiger partial charge in [-0.15, -0.1) is 0 Å². The minimum Gasteiger partial charge on any atom is -0.338 e. The lowest BCUT2D eigenvalue weighted by Crippen LogP contribution is -2.27. The molecule has 1 saturated heterocycles. The normalized spacial score (nSPS) is 19.5. The topological polar surface area (TPSA) is 51.0 Å². The van der Waals surface area contributed by atoms with E-state index in [1.54, 1.807) is 0 Å². The largest absolute Gasteiger partial charge is 0.338 e. The van der Waals surface area contributed by atoms with Gasteiger partial charge in [-0.3, -0.25) is 0 Å². The fraction of sp³-hybridized carbons (Fsp3) is 0.467. The van der Waals surface area contributed by atoms with Gasteiger partial charge in [0.2, 0.25) is 5.89 Å². The Hall–Kier alpha value is -1.68. The number of nitrogens with zero attached hydrogens (tertiary/aromatic N) is 2. The van der Waals surface area contributed by atoms with Crippen molar-refractivity contribution in [2.75, 3.05) is 6.54 Å². The van der Waals surface area contributed by atoms with E-state index in [0.29, 0.717) is 0 Å². The van der Waals surface area contributed by atoms with E-state index >= 15 is 0 Å². The van der Waals surface area contributed by atoms with Crippen LogP contribution in [0.4, 0.5) is 0 Å². The van der Waals surface area contributed by atoms with Gasteiger partial charge < -0.3 is 9.84 Å². The molecule has 4 heteroatoms. The van der Waals surface area contributed by atoms with Crippen LogP contribution in [0.1, 0.15) is 48.1 Å². The van der Waals surface area contributed by atoms with E-state index in [0.717, 1.165) is 31.1 Å². The van der Waals surface area contributed by atoms with Crippen molar-refractivity contribution in [3.63, 3.8) is 0 Å². The summed E-state index contributed by atoms with van der Waals surface area (Å²) in [6, 6.07) is 8.66. The highest BCUT2D eigenvalue weighted by atomic mass is 16.5. The van der Waals surface area contributed by atoms with Crippen LogP contribution >= 0.6 is 0 Å². The molecular weight excluding hydrogens is 238 g/mol. The second-order valence-electron chi connectivity index (χ2n) is 5.22. The van der Waals surface area contributed by atoms with Crippen LogP contribution in [-0.4, -0.2) is 16.7 Å². The van der Waals surface area contributed by atoms with Crippen LogP contribution in [0.5, 0.6) is 0 Å². The number of benzene rings is 1. The third-order valence-electron chi connectivity index (χ3n) is 3.54. The third-order valence-corrected chi connectivity index (χ3v) is 3.54. The van der Waals surface area contributed by atoms with Crippen molar-refractivity contribution < 1.29 is 4.52 Å². The lowest BCUT2D eigenvalue weighted by molar-refractivity contribution is 0.296. The minimum atomic E-state index is 0.243. The van der Waals surface area contributed by atoms with Crippen LogP contribution in [0.3, 0.4) is 0 Å². The summed E-state index contributed by atoms with van der Waals surface area (Å²) in [5.41, 5.74) is 2.49. The van der Waals surface area contributed by atoms with Gasteiger partial charge >= 0.3 is 0 Å². The number of aromatic nitrogens is 2. The Morgan fingerprint density at radius 3 is 3.11 bits per heavy atom. The van der Waals surface area contributed by atoms with Crippen LogP contribution in [0.2, 0.25) is 0 Å². The lowest BCUT2D eigenvalue weighted by Gasteiger charge is -2.19. The predicted octanol–water partition coefficient (Wildman–Crippen LogP) is 2.78. The van der Waals surface area contributed by atoms with E-state index < -0.39 is 0 Å². The number of hydrogen-bond donors (Lipinski definition) is 1. The van der Waals surface area contributed by atoms with Gasteiger partial charge in [-0.2, -0.15) is 4.98 Å². The number of piperidine rings is 1. The fourth-order valence-corrected chi connectivity index (χ4v) is 2.55.